The molecule has 1 aliphatic rings. The summed E-state index contributed by atoms with van der Waals surface area (Å²) in [6, 6.07) is 10.7. The van der Waals surface area contributed by atoms with E-state index in [0.29, 0.717) is 5.92 Å². The van der Waals surface area contributed by atoms with Gasteiger partial charge in [-0.05, 0) is 23.8 Å². The summed E-state index contributed by atoms with van der Waals surface area (Å²) in [4.78, 5) is 0. The van der Waals surface area contributed by atoms with E-state index in [9.17, 15) is 0 Å². The highest BCUT2D eigenvalue weighted by Gasteiger charge is 2.18. The van der Waals surface area contributed by atoms with Crippen LogP contribution in [0.15, 0.2) is 30.3 Å². The molecule has 2 unspecified atom stereocenters. The van der Waals surface area contributed by atoms with Crippen molar-refractivity contribution in [1.29, 1.82) is 0 Å². The van der Waals surface area contributed by atoms with E-state index in [1.54, 1.807) is 0 Å². The Kier molecular flexibility index (Phi) is 5.25. The molecule has 0 radical (unpaired) electrons. The average molecular weight is 245 g/mol. The molecule has 18 heavy (non-hydrogen) atoms. The minimum absolute atomic E-state index is 0.204. The van der Waals surface area contributed by atoms with Gasteiger partial charge in [-0.2, -0.15) is 0 Å². The Morgan fingerprint density at radius 3 is 2.44 bits per heavy atom. The van der Waals surface area contributed by atoms with Crippen molar-refractivity contribution >= 4 is 0 Å². The van der Waals surface area contributed by atoms with E-state index in [1.165, 1.54) is 50.5 Å². The Morgan fingerprint density at radius 1 is 1.11 bits per heavy atom. The van der Waals surface area contributed by atoms with Crippen LogP contribution in [0, 0.1) is 11.8 Å². The molecule has 0 bridgehead atoms. The maximum absolute atomic E-state index is 6.35. The molecule has 2 atom stereocenters. The summed E-state index contributed by atoms with van der Waals surface area (Å²) < 4.78 is 0. The van der Waals surface area contributed by atoms with Gasteiger partial charge in [0.2, 0.25) is 0 Å². The fraction of sp³-hybridized carbons (Fsp3) is 0.647. The highest BCUT2D eigenvalue weighted by atomic mass is 14.6. The van der Waals surface area contributed by atoms with Crippen LogP contribution in [0.5, 0.6) is 0 Å². The van der Waals surface area contributed by atoms with Gasteiger partial charge in [-0.1, -0.05) is 75.8 Å². The van der Waals surface area contributed by atoms with E-state index in [4.69, 9.17) is 5.73 Å². The molecule has 0 saturated heterocycles. The lowest BCUT2D eigenvalue weighted by Crippen LogP contribution is -2.20. The molecule has 0 aliphatic heterocycles. The Labute approximate surface area is 112 Å². The van der Waals surface area contributed by atoms with E-state index in [2.05, 4.69) is 37.3 Å². The van der Waals surface area contributed by atoms with Crippen molar-refractivity contribution < 1.29 is 0 Å². The van der Waals surface area contributed by atoms with Crippen molar-refractivity contribution in [3.8, 4) is 0 Å². The van der Waals surface area contributed by atoms with Gasteiger partial charge in [-0.25, -0.2) is 0 Å². The van der Waals surface area contributed by atoms with Gasteiger partial charge in [0.15, 0.2) is 0 Å². The standard InChI is InChI=1S/C17H27N/c1-14(12-13-15-8-4-2-5-9-15)17(18)16-10-6-3-7-11-16/h3,6-7,10-11,14-15,17H,2,4-5,8-9,12-13,18H2,1H3. The van der Waals surface area contributed by atoms with Gasteiger partial charge >= 0.3 is 0 Å². The smallest absolute Gasteiger partial charge is 0.0320 e. The second-order valence-corrected chi connectivity index (χ2v) is 6.00. The molecule has 0 heterocycles. The second kappa shape index (κ2) is 6.94. The maximum atomic E-state index is 6.35. The van der Waals surface area contributed by atoms with Crippen molar-refractivity contribution in [1.82, 2.24) is 0 Å². The normalized spacial score (nSPS) is 20.6. The van der Waals surface area contributed by atoms with Crippen LogP contribution >= 0.6 is 0 Å². The summed E-state index contributed by atoms with van der Waals surface area (Å²) in [6.07, 6.45) is 9.91. The lowest BCUT2D eigenvalue weighted by molar-refractivity contribution is 0.300. The van der Waals surface area contributed by atoms with Gasteiger partial charge in [0, 0.05) is 6.04 Å². The molecule has 1 fully saturated rings. The summed E-state index contributed by atoms with van der Waals surface area (Å²) in [5.74, 6) is 1.57. The summed E-state index contributed by atoms with van der Waals surface area (Å²) in [7, 11) is 0. The minimum atomic E-state index is 0.204. The van der Waals surface area contributed by atoms with Crippen LogP contribution in [0.1, 0.15) is 63.5 Å². The average Bonchev–Trinajstić information content (AvgIpc) is 2.46. The highest BCUT2D eigenvalue weighted by molar-refractivity contribution is 5.18. The summed E-state index contributed by atoms with van der Waals surface area (Å²) >= 11 is 0. The number of benzene rings is 1. The predicted molar refractivity (Wildman–Crippen MR) is 78.3 cm³/mol. The number of rotatable bonds is 5. The van der Waals surface area contributed by atoms with Crippen molar-refractivity contribution in [2.24, 2.45) is 17.6 Å². The van der Waals surface area contributed by atoms with E-state index in [-0.39, 0.29) is 6.04 Å². The predicted octanol–water partition coefficient (Wildman–Crippen LogP) is 4.68. The SMILES string of the molecule is CC(CCC1CCCCC1)C(N)c1ccccc1. The molecule has 0 spiro atoms. The van der Waals surface area contributed by atoms with Crippen molar-refractivity contribution in [3.05, 3.63) is 35.9 Å². The molecule has 1 nitrogen and oxygen atoms in total. The van der Waals surface area contributed by atoms with Crippen LogP contribution in [-0.2, 0) is 0 Å². The number of hydrogen-bond donors (Lipinski definition) is 1. The van der Waals surface area contributed by atoms with Gasteiger partial charge in [-0.3, -0.25) is 0 Å². The van der Waals surface area contributed by atoms with Crippen LogP contribution in [0.3, 0.4) is 0 Å². The summed E-state index contributed by atoms with van der Waals surface area (Å²) in [5, 5.41) is 0. The fourth-order valence-corrected chi connectivity index (χ4v) is 3.16. The molecule has 1 aliphatic carbocycles. The first-order chi connectivity index (χ1) is 8.77. The molecule has 1 saturated carbocycles. The van der Waals surface area contributed by atoms with Gasteiger partial charge in [0.1, 0.15) is 0 Å². The molecule has 0 aromatic heterocycles. The van der Waals surface area contributed by atoms with Crippen molar-refractivity contribution in [2.45, 2.75) is 57.9 Å². The third-order valence-electron chi connectivity index (χ3n) is 4.55. The van der Waals surface area contributed by atoms with Crippen molar-refractivity contribution in [2.75, 3.05) is 0 Å². The quantitative estimate of drug-likeness (QED) is 0.800. The Morgan fingerprint density at radius 2 is 1.78 bits per heavy atom. The molecule has 100 valence electrons. The zero-order chi connectivity index (χ0) is 12.8. The zero-order valence-corrected chi connectivity index (χ0v) is 11.6. The minimum Gasteiger partial charge on any atom is -0.324 e. The molecule has 2 rings (SSSR count). The van der Waals surface area contributed by atoms with E-state index < -0.39 is 0 Å². The number of hydrogen-bond acceptors (Lipinski definition) is 1. The lowest BCUT2D eigenvalue weighted by Gasteiger charge is -2.25. The fourth-order valence-electron chi connectivity index (χ4n) is 3.16. The van der Waals surface area contributed by atoms with Gasteiger partial charge < -0.3 is 5.73 Å². The first-order valence-corrected chi connectivity index (χ1v) is 7.58. The third-order valence-corrected chi connectivity index (χ3v) is 4.55. The first kappa shape index (κ1) is 13.6. The van der Waals surface area contributed by atoms with Crippen LogP contribution in [0.4, 0.5) is 0 Å². The second-order valence-electron chi connectivity index (χ2n) is 6.00. The van der Waals surface area contributed by atoms with Crippen LogP contribution < -0.4 is 5.73 Å². The first-order valence-electron chi connectivity index (χ1n) is 7.58. The van der Waals surface area contributed by atoms with E-state index >= 15 is 0 Å². The highest BCUT2D eigenvalue weighted by Crippen LogP contribution is 2.31. The molecular formula is C17H27N. The lowest BCUT2D eigenvalue weighted by atomic mass is 9.82. The molecule has 1 heteroatoms. The summed E-state index contributed by atoms with van der Waals surface area (Å²) in [5.41, 5.74) is 7.64. The maximum Gasteiger partial charge on any atom is 0.0320 e. The molecule has 0 amide bonds. The molecule has 2 N–H and O–H groups in total. The Hall–Kier alpha value is -0.820. The topological polar surface area (TPSA) is 26.0 Å². The largest absolute Gasteiger partial charge is 0.324 e. The molecule has 1 aromatic rings. The summed E-state index contributed by atoms with van der Waals surface area (Å²) in [6.45, 7) is 2.31. The van der Waals surface area contributed by atoms with Crippen LogP contribution in [0.25, 0.3) is 0 Å². The Bertz CT molecular complexity index is 327. The zero-order valence-electron chi connectivity index (χ0n) is 11.6. The van der Waals surface area contributed by atoms with Gasteiger partial charge in [0.25, 0.3) is 0 Å². The number of nitrogens with two attached hydrogens (primary N) is 1. The monoisotopic (exact) mass is 245 g/mol. The van der Waals surface area contributed by atoms with Gasteiger partial charge in [0.05, 0.1) is 0 Å². The molecular weight excluding hydrogens is 218 g/mol. The van der Waals surface area contributed by atoms with E-state index in [1.807, 2.05) is 0 Å². The molecule has 1 aromatic carbocycles. The Balaban J connectivity index is 1.78. The van der Waals surface area contributed by atoms with Gasteiger partial charge in [-0.15, -0.1) is 0 Å². The van der Waals surface area contributed by atoms with Crippen LogP contribution in [0.2, 0.25) is 0 Å². The van der Waals surface area contributed by atoms with E-state index in [0.717, 1.165) is 5.92 Å². The van der Waals surface area contributed by atoms with Crippen molar-refractivity contribution in [3.63, 3.8) is 0 Å². The van der Waals surface area contributed by atoms with Crippen LogP contribution in [-0.4, -0.2) is 0 Å². The third kappa shape index (κ3) is 3.84.